The highest BCUT2D eigenvalue weighted by atomic mass is 16.5. The van der Waals surface area contributed by atoms with Crippen molar-refractivity contribution in [1.82, 2.24) is 10.6 Å². The third-order valence-electron chi connectivity index (χ3n) is 4.52. The number of aliphatic imine (C=N–C) groups is 1. The molecule has 0 spiro atoms. The molecular weight excluding hydrogens is 342 g/mol. The molecule has 1 heterocycles. The Morgan fingerprint density at radius 2 is 1.85 bits per heavy atom. The quantitative estimate of drug-likeness (QED) is 0.798. The van der Waals surface area contributed by atoms with Crippen LogP contribution in [-0.2, 0) is 9.53 Å². The third-order valence-corrected chi connectivity index (χ3v) is 4.52. The summed E-state index contributed by atoms with van der Waals surface area (Å²) in [5.74, 6) is 0.0847. The van der Waals surface area contributed by atoms with Gasteiger partial charge < -0.3 is 15.4 Å². The third kappa shape index (κ3) is 4.00. The molecule has 0 radical (unpaired) electrons. The van der Waals surface area contributed by atoms with Crippen molar-refractivity contribution in [3.05, 3.63) is 64.7 Å². The van der Waals surface area contributed by atoms with Crippen LogP contribution in [0.25, 0.3) is 0 Å². The van der Waals surface area contributed by atoms with Gasteiger partial charge in [-0.05, 0) is 44.0 Å². The Kier molecular flexibility index (Phi) is 5.54. The number of hydrogen-bond acceptors (Lipinski definition) is 5. The molecule has 0 fully saturated rings. The topological polar surface area (TPSA) is 79.8 Å². The lowest BCUT2D eigenvalue weighted by Crippen LogP contribution is -2.33. The van der Waals surface area contributed by atoms with E-state index in [0.717, 1.165) is 28.2 Å². The zero-order valence-electron chi connectivity index (χ0n) is 15.7. The normalized spacial score (nSPS) is 15.2. The number of esters is 1. The molecule has 1 aliphatic heterocycles. The van der Waals surface area contributed by atoms with Crippen LogP contribution in [-0.4, -0.2) is 30.9 Å². The monoisotopic (exact) mass is 365 g/mol. The van der Waals surface area contributed by atoms with Gasteiger partial charge in [-0.3, -0.25) is 9.59 Å². The van der Waals surface area contributed by atoms with Gasteiger partial charge in [-0.2, -0.15) is 0 Å². The number of para-hydroxylation sites is 1. The van der Waals surface area contributed by atoms with Crippen molar-refractivity contribution in [2.75, 3.05) is 13.2 Å². The Morgan fingerprint density at radius 3 is 2.63 bits per heavy atom. The highest BCUT2D eigenvalue weighted by Crippen LogP contribution is 2.35. The summed E-state index contributed by atoms with van der Waals surface area (Å²) in [6.07, 6.45) is 0. The number of carbonyl (C=O) groups is 2. The van der Waals surface area contributed by atoms with E-state index in [1.807, 2.05) is 50.2 Å². The smallest absolute Gasteiger partial charge is 0.325 e. The van der Waals surface area contributed by atoms with Crippen molar-refractivity contribution in [3.8, 4) is 0 Å². The molecular formula is C21H23N3O3. The summed E-state index contributed by atoms with van der Waals surface area (Å²) in [7, 11) is 0. The lowest BCUT2D eigenvalue weighted by atomic mass is 9.90. The van der Waals surface area contributed by atoms with Gasteiger partial charge in [0.2, 0.25) is 0 Å². The van der Waals surface area contributed by atoms with Gasteiger partial charge >= 0.3 is 5.97 Å². The molecule has 27 heavy (non-hydrogen) atoms. The summed E-state index contributed by atoms with van der Waals surface area (Å²) in [4.78, 5) is 28.6. The molecule has 0 aliphatic carbocycles. The fourth-order valence-corrected chi connectivity index (χ4v) is 3.25. The van der Waals surface area contributed by atoms with Gasteiger partial charge in [-0.15, -0.1) is 0 Å². The van der Waals surface area contributed by atoms with Crippen molar-refractivity contribution in [2.45, 2.75) is 26.8 Å². The molecule has 2 aromatic carbocycles. The van der Waals surface area contributed by atoms with Gasteiger partial charge in [0.25, 0.3) is 5.91 Å². The van der Waals surface area contributed by atoms with Gasteiger partial charge in [0.1, 0.15) is 6.54 Å². The van der Waals surface area contributed by atoms with E-state index in [1.165, 1.54) is 0 Å². The molecule has 6 heteroatoms. The van der Waals surface area contributed by atoms with Crippen LogP contribution in [0.3, 0.4) is 0 Å². The summed E-state index contributed by atoms with van der Waals surface area (Å²) in [5.41, 5.74) is 4.39. The minimum atomic E-state index is -0.450. The van der Waals surface area contributed by atoms with Crippen molar-refractivity contribution >= 4 is 23.4 Å². The molecule has 1 atom stereocenters. The van der Waals surface area contributed by atoms with Gasteiger partial charge in [0.15, 0.2) is 0 Å². The number of benzene rings is 2. The van der Waals surface area contributed by atoms with Crippen molar-refractivity contribution in [3.63, 3.8) is 0 Å². The first-order valence-corrected chi connectivity index (χ1v) is 8.95. The maximum absolute atomic E-state index is 12.6. The van der Waals surface area contributed by atoms with Crippen LogP contribution in [0.2, 0.25) is 0 Å². The second-order valence-electron chi connectivity index (χ2n) is 6.34. The molecule has 1 amide bonds. The van der Waals surface area contributed by atoms with Crippen LogP contribution in [0.4, 0.5) is 5.69 Å². The second-order valence-corrected chi connectivity index (χ2v) is 6.34. The van der Waals surface area contributed by atoms with Crippen LogP contribution in [0.15, 0.2) is 47.5 Å². The van der Waals surface area contributed by atoms with E-state index in [9.17, 15) is 9.59 Å². The number of amidine groups is 1. The first-order valence-electron chi connectivity index (χ1n) is 8.95. The van der Waals surface area contributed by atoms with Crippen LogP contribution in [0.1, 0.15) is 46.9 Å². The maximum atomic E-state index is 12.6. The summed E-state index contributed by atoms with van der Waals surface area (Å²) in [5, 5.41) is 6.03. The van der Waals surface area contributed by atoms with E-state index < -0.39 is 5.97 Å². The largest absolute Gasteiger partial charge is 0.465 e. The Balaban J connectivity index is 1.89. The first-order chi connectivity index (χ1) is 13.0. The average molecular weight is 365 g/mol. The number of hydrogen-bond donors (Lipinski definition) is 2. The van der Waals surface area contributed by atoms with Crippen LogP contribution in [0.5, 0.6) is 0 Å². The second kappa shape index (κ2) is 8.03. The average Bonchev–Trinajstić information content (AvgIpc) is 2.66. The summed E-state index contributed by atoms with van der Waals surface area (Å²) >= 11 is 0. The van der Waals surface area contributed by atoms with Crippen molar-refractivity contribution in [2.24, 2.45) is 4.99 Å². The molecule has 1 aliphatic rings. The Labute approximate surface area is 158 Å². The van der Waals surface area contributed by atoms with Crippen LogP contribution >= 0.6 is 0 Å². The molecule has 0 bridgehead atoms. The fraction of sp³-hybridized carbons (Fsp3) is 0.286. The number of fused-ring (bicyclic) bond motifs is 1. The molecule has 2 aromatic rings. The summed E-state index contributed by atoms with van der Waals surface area (Å²) in [6.45, 7) is 5.71. The summed E-state index contributed by atoms with van der Waals surface area (Å²) in [6, 6.07) is 13.5. The van der Waals surface area contributed by atoms with E-state index in [2.05, 4.69) is 15.6 Å². The van der Waals surface area contributed by atoms with E-state index in [0.29, 0.717) is 5.56 Å². The van der Waals surface area contributed by atoms with Gasteiger partial charge in [0, 0.05) is 11.1 Å². The molecule has 2 N–H and O–H groups in total. The number of nitrogens with zero attached hydrogens (tertiary/aromatic N) is 1. The molecule has 3 rings (SSSR count). The number of carbonyl (C=O) groups excluding carboxylic acids is 2. The first kappa shape index (κ1) is 18.6. The highest BCUT2D eigenvalue weighted by Gasteiger charge is 2.24. The van der Waals surface area contributed by atoms with E-state index in [4.69, 9.17) is 4.74 Å². The van der Waals surface area contributed by atoms with Gasteiger partial charge in [-0.1, -0.05) is 30.3 Å². The molecule has 1 unspecified atom stereocenters. The predicted molar refractivity (Wildman–Crippen MR) is 104 cm³/mol. The van der Waals surface area contributed by atoms with E-state index >= 15 is 0 Å². The predicted octanol–water partition coefficient (Wildman–Crippen LogP) is 3.03. The molecule has 6 nitrogen and oxygen atoms in total. The maximum Gasteiger partial charge on any atom is 0.325 e. The minimum Gasteiger partial charge on any atom is -0.465 e. The summed E-state index contributed by atoms with van der Waals surface area (Å²) < 4.78 is 4.85. The van der Waals surface area contributed by atoms with Gasteiger partial charge in [-0.25, -0.2) is 4.99 Å². The number of ether oxygens (including phenoxy) is 1. The van der Waals surface area contributed by atoms with E-state index in [-0.39, 0.29) is 25.1 Å². The molecule has 140 valence electrons. The lowest BCUT2D eigenvalue weighted by Gasteiger charge is -2.28. The zero-order chi connectivity index (χ0) is 19.4. The number of amides is 1. The molecule has 0 saturated carbocycles. The van der Waals surface area contributed by atoms with Crippen LogP contribution < -0.4 is 10.6 Å². The van der Waals surface area contributed by atoms with Gasteiger partial charge in [0.05, 0.1) is 24.2 Å². The van der Waals surface area contributed by atoms with Crippen molar-refractivity contribution < 1.29 is 14.3 Å². The van der Waals surface area contributed by atoms with E-state index in [1.54, 1.807) is 13.0 Å². The number of rotatable bonds is 5. The lowest BCUT2D eigenvalue weighted by molar-refractivity contribution is -0.141. The fourth-order valence-electron chi connectivity index (χ4n) is 3.25. The molecule has 0 aromatic heterocycles. The highest BCUT2D eigenvalue weighted by molar-refractivity contribution is 5.97. The van der Waals surface area contributed by atoms with Crippen molar-refractivity contribution in [1.29, 1.82) is 0 Å². The Hall–Kier alpha value is -3.15. The minimum absolute atomic E-state index is 0.0866. The SMILES string of the molecule is CCOC(=O)CNC(=O)c1cccc(C2NC(C)=Nc3ccccc32)c1C. The molecule has 0 saturated heterocycles. The zero-order valence-corrected chi connectivity index (χ0v) is 15.7. The Morgan fingerprint density at radius 1 is 1.11 bits per heavy atom. The standard InChI is InChI=1S/C21H23N3O3/c1-4-27-19(25)12-22-21(26)16-10-7-9-15(13(16)2)20-17-8-5-6-11-18(17)23-14(3)24-20/h5-11,20H,4,12H2,1-3H3,(H,22,26)(H,23,24). The Bertz CT molecular complexity index is 905. The number of nitrogens with one attached hydrogen (secondary N) is 2. The van der Waals surface area contributed by atoms with Crippen LogP contribution in [0, 0.1) is 6.92 Å².